The molecule has 0 aliphatic carbocycles. The number of hydrogen-bond donors (Lipinski definition) is 2. The number of rotatable bonds is 6. The number of aromatic amines is 1. The number of halogens is 1. The van der Waals surface area contributed by atoms with E-state index in [1.807, 2.05) is 6.07 Å². The lowest BCUT2D eigenvalue weighted by Crippen LogP contribution is -2.13. The van der Waals surface area contributed by atoms with E-state index in [9.17, 15) is 4.79 Å². The normalized spacial score (nSPS) is 10.7. The highest BCUT2D eigenvalue weighted by Gasteiger charge is 2.05. The molecule has 6 heteroatoms. The van der Waals surface area contributed by atoms with Crippen molar-refractivity contribution in [1.29, 1.82) is 0 Å². The van der Waals surface area contributed by atoms with Gasteiger partial charge < -0.3 is 10.3 Å². The van der Waals surface area contributed by atoms with Crippen LogP contribution in [0.5, 0.6) is 0 Å². The molecular formula is C14H16BrN3OS. The van der Waals surface area contributed by atoms with Crippen LogP contribution in [0.2, 0.25) is 0 Å². The van der Waals surface area contributed by atoms with E-state index in [4.69, 9.17) is 0 Å². The fraction of sp³-hybridized carbons (Fsp3) is 0.286. The highest BCUT2D eigenvalue weighted by atomic mass is 79.9. The first-order valence-electron chi connectivity index (χ1n) is 6.41. The van der Waals surface area contributed by atoms with Gasteiger partial charge in [0.05, 0.1) is 0 Å². The Kier molecular flexibility index (Phi) is 5.82. The maximum Gasteiger partial charge on any atom is 0.251 e. The van der Waals surface area contributed by atoms with E-state index < -0.39 is 0 Å². The topological polar surface area (TPSA) is 57.8 Å². The molecule has 2 N–H and O–H groups in total. The molecule has 2 aromatic rings. The largest absolute Gasteiger partial charge is 0.313 e. The second-order valence-corrected chi connectivity index (χ2v) is 6.17. The zero-order valence-corrected chi connectivity index (χ0v) is 13.6. The monoisotopic (exact) mass is 353 g/mol. The molecule has 0 spiro atoms. The highest BCUT2D eigenvalue weighted by Crippen LogP contribution is 2.31. The van der Waals surface area contributed by atoms with Gasteiger partial charge in [0.15, 0.2) is 5.16 Å². The van der Waals surface area contributed by atoms with Gasteiger partial charge in [0.2, 0.25) is 0 Å². The Bertz CT molecular complexity index is 630. The van der Waals surface area contributed by atoms with E-state index >= 15 is 0 Å². The summed E-state index contributed by atoms with van der Waals surface area (Å²) in [4.78, 5) is 19.1. The summed E-state index contributed by atoms with van der Waals surface area (Å²) in [6, 6.07) is 7.61. The minimum absolute atomic E-state index is 0.140. The number of nitrogens with one attached hydrogen (secondary N) is 2. The quantitative estimate of drug-likeness (QED) is 0.618. The molecule has 0 atom stereocenters. The Labute approximate surface area is 130 Å². The van der Waals surface area contributed by atoms with Crippen molar-refractivity contribution in [2.45, 2.75) is 29.9 Å². The summed E-state index contributed by atoms with van der Waals surface area (Å²) in [5.41, 5.74) is 1.09. The van der Waals surface area contributed by atoms with Crippen LogP contribution in [0.3, 0.4) is 0 Å². The number of aromatic nitrogens is 2. The molecule has 1 heterocycles. The number of H-pyrrole nitrogens is 1. The summed E-state index contributed by atoms with van der Waals surface area (Å²) in [6.45, 7) is 4.03. The zero-order chi connectivity index (χ0) is 14.4. The molecule has 0 bridgehead atoms. The summed E-state index contributed by atoms with van der Waals surface area (Å²) < 4.78 is 1.00. The van der Waals surface area contributed by atoms with Crippen molar-refractivity contribution >= 4 is 27.7 Å². The molecule has 2 rings (SSSR count). The van der Waals surface area contributed by atoms with Crippen molar-refractivity contribution in [2.75, 3.05) is 6.54 Å². The fourth-order valence-corrected chi connectivity index (χ4v) is 3.09. The van der Waals surface area contributed by atoms with Crippen molar-refractivity contribution in [1.82, 2.24) is 15.3 Å². The molecule has 1 aromatic heterocycles. The minimum atomic E-state index is -0.140. The van der Waals surface area contributed by atoms with E-state index in [2.05, 4.69) is 50.3 Å². The minimum Gasteiger partial charge on any atom is -0.313 e. The van der Waals surface area contributed by atoms with Crippen LogP contribution in [-0.2, 0) is 6.54 Å². The van der Waals surface area contributed by atoms with Crippen LogP contribution < -0.4 is 10.9 Å². The lowest BCUT2D eigenvalue weighted by Gasteiger charge is -2.07. The fourth-order valence-electron chi connectivity index (χ4n) is 1.65. The molecule has 0 aliphatic rings. The first-order chi connectivity index (χ1) is 9.69. The van der Waals surface area contributed by atoms with Crippen LogP contribution in [0.15, 0.2) is 49.8 Å². The van der Waals surface area contributed by atoms with Crippen LogP contribution >= 0.6 is 27.7 Å². The van der Waals surface area contributed by atoms with Gasteiger partial charge in [-0.3, -0.25) is 4.79 Å². The molecule has 0 saturated carbocycles. The van der Waals surface area contributed by atoms with Crippen molar-refractivity contribution in [3.63, 3.8) is 0 Å². The summed E-state index contributed by atoms with van der Waals surface area (Å²) in [5, 5.41) is 3.96. The van der Waals surface area contributed by atoms with Gasteiger partial charge >= 0.3 is 0 Å². The van der Waals surface area contributed by atoms with E-state index in [0.717, 1.165) is 28.9 Å². The van der Waals surface area contributed by atoms with Crippen molar-refractivity contribution < 1.29 is 0 Å². The third kappa shape index (κ3) is 4.47. The Morgan fingerprint density at radius 2 is 2.25 bits per heavy atom. The van der Waals surface area contributed by atoms with Gasteiger partial charge in [-0.25, -0.2) is 4.98 Å². The van der Waals surface area contributed by atoms with E-state index in [0.29, 0.717) is 5.16 Å². The number of benzene rings is 1. The van der Waals surface area contributed by atoms with Crippen molar-refractivity contribution in [3.8, 4) is 0 Å². The summed E-state index contributed by atoms with van der Waals surface area (Å²) in [5.74, 6) is 0. The van der Waals surface area contributed by atoms with Crippen molar-refractivity contribution in [3.05, 3.63) is 50.9 Å². The zero-order valence-electron chi connectivity index (χ0n) is 11.1. The Balaban J connectivity index is 2.07. The molecule has 1 aromatic carbocycles. The van der Waals surface area contributed by atoms with Gasteiger partial charge in [-0.2, -0.15) is 0 Å². The average molecular weight is 354 g/mol. The van der Waals surface area contributed by atoms with Crippen LogP contribution in [-0.4, -0.2) is 16.5 Å². The number of hydrogen-bond acceptors (Lipinski definition) is 4. The van der Waals surface area contributed by atoms with E-state index in [1.165, 1.54) is 29.6 Å². The summed E-state index contributed by atoms with van der Waals surface area (Å²) in [6.07, 6.45) is 2.64. The molecule has 20 heavy (non-hydrogen) atoms. The maximum absolute atomic E-state index is 11.2. The molecule has 4 nitrogen and oxygen atoms in total. The second-order valence-electron chi connectivity index (χ2n) is 4.28. The van der Waals surface area contributed by atoms with Crippen LogP contribution in [0.25, 0.3) is 0 Å². The van der Waals surface area contributed by atoms with Gasteiger partial charge in [-0.1, -0.05) is 24.8 Å². The summed E-state index contributed by atoms with van der Waals surface area (Å²) >= 11 is 5.00. The second kappa shape index (κ2) is 7.61. The highest BCUT2D eigenvalue weighted by molar-refractivity contribution is 9.10. The van der Waals surface area contributed by atoms with E-state index in [-0.39, 0.29) is 5.56 Å². The van der Waals surface area contributed by atoms with Gasteiger partial charge in [0.25, 0.3) is 5.56 Å². The van der Waals surface area contributed by atoms with Crippen LogP contribution in [0.4, 0.5) is 0 Å². The molecule has 0 radical (unpaired) electrons. The molecule has 0 fully saturated rings. The molecule has 0 aliphatic heterocycles. The van der Waals surface area contributed by atoms with Gasteiger partial charge in [0, 0.05) is 28.2 Å². The Morgan fingerprint density at radius 1 is 1.40 bits per heavy atom. The molecular weight excluding hydrogens is 338 g/mol. The lowest BCUT2D eigenvalue weighted by atomic mass is 10.2. The molecule has 0 amide bonds. The third-order valence-corrected chi connectivity index (χ3v) is 4.50. The van der Waals surface area contributed by atoms with Crippen LogP contribution in [0, 0.1) is 0 Å². The predicted molar refractivity (Wildman–Crippen MR) is 85.1 cm³/mol. The molecule has 0 saturated heterocycles. The van der Waals surface area contributed by atoms with Gasteiger partial charge in [0.1, 0.15) is 0 Å². The summed E-state index contributed by atoms with van der Waals surface area (Å²) in [7, 11) is 0. The van der Waals surface area contributed by atoms with Gasteiger partial charge in [-0.05, 0) is 46.6 Å². The van der Waals surface area contributed by atoms with Crippen molar-refractivity contribution in [2.24, 2.45) is 0 Å². The Hall–Kier alpha value is -1.11. The maximum atomic E-state index is 11.2. The Morgan fingerprint density at radius 3 is 2.95 bits per heavy atom. The first-order valence-corrected chi connectivity index (χ1v) is 8.02. The average Bonchev–Trinajstić information content (AvgIpc) is 2.42. The van der Waals surface area contributed by atoms with E-state index in [1.54, 1.807) is 0 Å². The smallest absolute Gasteiger partial charge is 0.251 e. The van der Waals surface area contributed by atoms with Crippen LogP contribution in [0.1, 0.15) is 18.9 Å². The predicted octanol–water partition coefficient (Wildman–Crippen LogP) is 3.18. The standard InChI is InChI=1S/C14H16BrN3OS/c1-2-6-16-9-10-3-4-12(11(15)8-10)20-14-17-7-5-13(19)18-14/h3-5,7-8,16H,2,6,9H2,1H3,(H,17,18,19). The number of nitrogens with zero attached hydrogens (tertiary/aromatic N) is 1. The third-order valence-electron chi connectivity index (χ3n) is 2.61. The molecule has 106 valence electrons. The molecule has 0 unspecified atom stereocenters. The van der Waals surface area contributed by atoms with Gasteiger partial charge in [-0.15, -0.1) is 0 Å². The lowest BCUT2D eigenvalue weighted by molar-refractivity contribution is 0.675. The first kappa shape index (κ1) is 15.3. The SMILES string of the molecule is CCCNCc1ccc(Sc2nccc(=O)[nH]2)c(Br)c1.